The minimum absolute atomic E-state index is 0.274. The molecule has 0 bridgehead atoms. The number of rotatable bonds is 6. The van der Waals surface area contributed by atoms with Gasteiger partial charge in [-0.3, -0.25) is 9.89 Å². The number of guanidine groups is 1. The fraction of sp³-hybridized carbons (Fsp3) is 0.667. The Balaban J connectivity index is 2.25. The second kappa shape index (κ2) is 8.18. The van der Waals surface area contributed by atoms with E-state index in [-0.39, 0.29) is 6.54 Å². The molecule has 0 saturated carbocycles. The second-order valence-corrected chi connectivity index (χ2v) is 5.89. The molecule has 0 unspecified atom stereocenters. The van der Waals surface area contributed by atoms with Crippen LogP contribution in [0.15, 0.2) is 11.2 Å². The molecule has 5 nitrogen and oxygen atoms in total. The van der Waals surface area contributed by atoms with Crippen LogP contribution in [-0.2, 0) is 6.54 Å². The van der Waals surface area contributed by atoms with Gasteiger partial charge in [-0.2, -0.15) is 13.2 Å². The molecular weight excluding hydrogens is 303 g/mol. The molecule has 9 heteroatoms. The molecule has 0 spiro atoms. The van der Waals surface area contributed by atoms with Crippen molar-refractivity contribution in [2.45, 2.75) is 19.6 Å². The van der Waals surface area contributed by atoms with E-state index in [0.717, 1.165) is 9.88 Å². The van der Waals surface area contributed by atoms with Crippen molar-refractivity contribution < 1.29 is 13.2 Å². The Morgan fingerprint density at radius 3 is 2.67 bits per heavy atom. The van der Waals surface area contributed by atoms with E-state index in [1.54, 1.807) is 24.6 Å². The first kappa shape index (κ1) is 17.7. The van der Waals surface area contributed by atoms with Crippen LogP contribution in [-0.4, -0.2) is 55.7 Å². The van der Waals surface area contributed by atoms with Crippen molar-refractivity contribution in [2.24, 2.45) is 4.99 Å². The molecule has 0 fully saturated rings. The molecule has 1 heterocycles. The van der Waals surface area contributed by atoms with Crippen LogP contribution in [0.4, 0.5) is 13.2 Å². The van der Waals surface area contributed by atoms with E-state index in [2.05, 4.69) is 20.6 Å². The number of aryl methyl sites for hydroxylation is 1. The summed E-state index contributed by atoms with van der Waals surface area (Å²) in [5.74, 6) is 0.545. The van der Waals surface area contributed by atoms with Crippen LogP contribution in [0.2, 0.25) is 0 Å². The largest absolute Gasteiger partial charge is 0.401 e. The van der Waals surface area contributed by atoms with Crippen LogP contribution >= 0.6 is 11.3 Å². The van der Waals surface area contributed by atoms with Crippen LogP contribution in [0, 0.1) is 6.92 Å². The number of nitrogens with one attached hydrogen (secondary N) is 2. The maximum Gasteiger partial charge on any atom is 0.401 e. The zero-order valence-corrected chi connectivity index (χ0v) is 13.1. The molecule has 0 saturated heterocycles. The normalized spacial score (nSPS) is 12.8. The lowest BCUT2D eigenvalue weighted by atomic mass is 10.5. The number of thiazole rings is 1. The lowest BCUT2D eigenvalue weighted by Crippen LogP contribution is -2.42. The van der Waals surface area contributed by atoms with Gasteiger partial charge in [-0.15, -0.1) is 11.3 Å². The van der Waals surface area contributed by atoms with Gasteiger partial charge in [0.1, 0.15) is 5.01 Å². The third-order valence-corrected chi connectivity index (χ3v) is 3.45. The summed E-state index contributed by atoms with van der Waals surface area (Å²) >= 11 is 1.59. The maximum atomic E-state index is 12.2. The van der Waals surface area contributed by atoms with E-state index < -0.39 is 12.7 Å². The van der Waals surface area contributed by atoms with Crippen LogP contribution in [0.1, 0.15) is 9.88 Å². The molecule has 0 amide bonds. The third-order valence-electron chi connectivity index (χ3n) is 2.53. The second-order valence-electron chi connectivity index (χ2n) is 4.57. The minimum Gasteiger partial charge on any atom is -0.355 e. The molecule has 1 aromatic heterocycles. The Kier molecular flexibility index (Phi) is 6.90. The molecule has 0 aliphatic rings. The average molecular weight is 323 g/mol. The maximum absolute atomic E-state index is 12.2. The summed E-state index contributed by atoms with van der Waals surface area (Å²) in [6.07, 6.45) is -2.37. The smallest absolute Gasteiger partial charge is 0.355 e. The summed E-state index contributed by atoms with van der Waals surface area (Å²) in [6, 6.07) is 0. The monoisotopic (exact) mass is 323 g/mol. The summed E-state index contributed by atoms with van der Waals surface area (Å²) in [7, 11) is 3.05. The van der Waals surface area contributed by atoms with Crippen LogP contribution in [0.3, 0.4) is 0 Å². The molecule has 0 aliphatic heterocycles. The number of likely N-dealkylation sites (N-methyl/N-ethyl adjacent to an activating group) is 1. The number of hydrogen-bond acceptors (Lipinski definition) is 4. The topological polar surface area (TPSA) is 52.6 Å². The Morgan fingerprint density at radius 1 is 1.43 bits per heavy atom. The van der Waals surface area contributed by atoms with Crippen molar-refractivity contribution in [3.63, 3.8) is 0 Å². The predicted molar refractivity (Wildman–Crippen MR) is 78.6 cm³/mol. The van der Waals surface area contributed by atoms with E-state index in [4.69, 9.17) is 0 Å². The summed E-state index contributed by atoms with van der Waals surface area (Å²) < 4.78 is 36.5. The van der Waals surface area contributed by atoms with E-state index in [1.165, 1.54) is 11.9 Å². The molecule has 1 rings (SSSR count). The number of aliphatic imine (C=N–C) groups is 1. The Morgan fingerprint density at radius 2 is 2.14 bits per heavy atom. The standard InChI is InChI=1S/C12H20F3N5S/c1-9-6-18-10(21-9)7-19-11(16-2)17-4-5-20(3)8-12(13,14)15/h6H,4-5,7-8H2,1-3H3,(H2,16,17,19). The number of alkyl halides is 3. The van der Waals surface area contributed by atoms with Gasteiger partial charge in [0, 0.05) is 31.2 Å². The summed E-state index contributed by atoms with van der Waals surface area (Å²) in [5.41, 5.74) is 0. The highest BCUT2D eigenvalue weighted by Gasteiger charge is 2.28. The van der Waals surface area contributed by atoms with Crippen molar-refractivity contribution >= 4 is 17.3 Å². The summed E-state index contributed by atoms with van der Waals surface area (Å²) in [5, 5.41) is 6.97. The first-order valence-electron chi connectivity index (χ1n) is 6.41. The van der Waals surface area contributed by atoms with Gasteiger partial charge in [0.2, 0.25) is 0 Å². The SMILES string of the molecule is CN=C(NCCN(C)CC(F)(F)F)NCc1ncc(C)s1. The molecule has 0 aromatic carbocycles. The highest BCUT2D eigenvalue weighted by molar-refractivity contribution is 7.11. The molecule has 21 heavy (non-hydrogen) atoms. The summed E-state index contributed by atoms with van der Waals surface area (Å²) in [6.45, 7) is 2.25. The van der Waals surface area contributed by atoms with Crippen LogP contribution in [0.25, 0.3) is 0 Å². The van der Waals surface area contributed by atoms with Crippen molar-refractivity contribution in [3.8, 4) is 0 Å². The van der Waals surface area contributed by atoms with Crippen LogP contribution < -0.4 is 10.6 Å². The Labute approximate surface area is 126 Å². The van der Waals surface area contributed by atoms with Gasteiger partial charge in [-0.25, -0.2) is 4.98 Å². The number of halogens is 3. The van der Waals surface area contributed by atoms with Gasteiger partial charge in [0.05, 0.1) is 13.1 Å². The zero-order valence-electron chi connectivity index (χ0n) is 12.3. The van der Waals surface area contributed by atoms with Crippen molar-refractivity contribution in [1.82, 2.24) is 20.5 Å². The van der Waals surface area contributed by atoms with Gasteiger partial charge >= 0.3 is 6.18 Å². The highest BCUT2D eigenvalue weighted by atomic mass is 32.1. The molecule has 0 radical (unpaired) electrons. The first-order valence-corrected chi connectivity index (χ1v) is 7.23. The third kappa shape index (κ3) is 7.86. The zero-order chi connectivity index (χ0) is 15.9. The average Bonchev–Trinajstić information content (AvgIpc) is 2.77. The number of nitrogens with zero attached hydrogens (tertiary/aromatic N) is 3. The molecular formula is C12H20F3N5S. The van der Waals surface area contributed by atoms with Gasteiger partial charge in [-0.05, 0) is 14.0 Å². The van der Waals surface area contributed by atoms with Gasteiger partial charge in [0.15, 0.2) is 5.96 Å². The molecule has 2 N–H and O–H groups in total. The molecule has 0 aliphatic carbocycles. The van der Waals surface area contributed by atoms with Crippen molar-refractivity contribution in [1.29, 1.82) is 0 Å². The van der Waals surface area contributed by atoms with Gasteiger partial charge < -0.3 is 10.6 Å². The lowest BCUT2D eigenvalue weighted by Gasteiger charge is -2.19. The van der Waals surface area contributed by atoms with Crippen molar-refractivity contribution in [2.75, 3.05) is 33.7 Å². The Hall–Kier alpha value is -1.35. The molecule has 1 aromatic rings. The number of hydrogen-bond donors (Lipinski definition) is 2. The van der Waals surface area contributed by atoms with Crippen LogP contribution in [0.5, 0.6) is 0 Å². The predicted octanol–water partition coefficient (Wildman–Crippen LogP) is 1.61. The van der Waals surface area contributed by atoms with Crippen molar-refractivity contribution in [3.05, 3.63) is 16.1 Å². The molecule has 120 valence electrons. The van der Waals surface area contributed by atoms with Gasteiger partial charge in [-0.1, -0.05) is 0 Å². The van der Waals surface area contributed by atoms with E-state index >= 15 is 0 Å². The first-order chi connectivity index (χ1) is 9.80. The molecule has 0 atom stereocenters. The fourth-order valence-electron chi connectivity index (χ4n) is 1.61. The highest BCUT2D eigenvalue weighted by Crippen LogP contribution is 2.15. The lowest BCUT2D eigenvalue weighted by molar-refractivity contribution is -0.142. The fourth-order valence-corrected chi connectivity index (χ4v) is 2.34. The number of aromatic nitrogens is 1. The van der Waals surface area contributed by atoms with E-state index in [9.17, 15) is 13.2 Å². The van der Waals surface area contributed by atoms with E-state index in [0.29, 0.717) is 19.0 Å². The minimum atomic E-state index is -4.17. The quantitative estimate of drug-likeness (QED) is 0.617. The van der Waals surface area contributed by atoms with E-state index in [1.807, 2.05) is 6.92 Å². The van der Waals surface area contributed by atoms with Gasteiger partial charge in [0.25, 0.3) is 0 Å². The Bertz CT molecular complexity index is 458. The summed E-state index contributed by atoms with van der Waals surface area (Å²) in [4.78, 5) is 10.6.